The Morgan fingerprint density at radius 2 is 0.379 bits per heavy atom. The monoisotopic (exact) mass is 1590 g/mol. The largest absolute Gasteiger partial charge is 0.229 e. The second-order valence-electron chi connectivity index (χ2n) is 25.7. The summed E-state index contributed by atoms with van der Waals surface area (Å²) in [4.78, 5) is 0. The Kier molecular flexibility index (Phi) is 29.9. The van der Waals surface area contributed by atoms with Gasteiger partial charge in [0.25, 0.3) is 0 Å². The molecular formula is C78H82Cl2N36. The summed E-state index contributed by atoms with van der Waals surface area (Å²) in [5, 5.41) is 102. The van der Waals surface area contributed by atoms with Crippen LogP contribution in [-0.4, -0.2) is 182 Å². The molecule has 0 aliphatic rings. The molecule has 0 aliphatic carbocycles. The number of hydrogen-bond acceptors (Lipinski definition) is 27. The average Bonchev–Trinajstić information content (AvgIpc) is 1.66. The van der Waals surface area contributed by atoms with Crippen LogP contribution in [0.1, 0.15) is 33.4 Å². The molecule has 36 nitrogen and oxygen atoms in total. The van der Waals surface area contributed by atoms with Gasteiger partial charge in [-0.05, 0) is 160 Å². The Balaban J connectivity index is 0.000000138. The molecule has 0 N–H and O–H groups in total. The molecule has 9 aromatic heterocycles. The molecule has 9 heterocycles. The molecule has 0 amide bonds. The molecule has 0 atom stereocenters. The standard InChI is InChI=1S/6C9H10N4.2C8H7ClN4.C8H8N4/c6*1-7-3-5-8(6-4-7)9-10-11-12-13(9)2;1-13-8(10-11-12-13)6-3-2-4-7(9)5-6;1-13-8(10-11-12-13)6-4-2-3-5-7(6)9;1-12-8(9-10-11-12)7-5-3-2-4-6-7/h6*3-6H,1-2H3;2*2-5H,1H3;2-6H,1H3. The van der Waals surface area contributed by atoms with E-state index in [-0.39, 0.29) is 0 Å². The number of benzene rings is 9. The first-order valence-corrected chi connectivity index (χ1v) is 36.3. The molecule has 0 saturated heterocycles. The van der Waals surface area contributed by atoms with Crippen molar-refractivity contribution < 1.29 is 0 Å². The van der Waals surface area contributed by atoms with E-state index >= 15 is 0 Å². The normalized spacial score (nSPS) is 10.3. The predicted octanol–water partition coefficient (Wildman–Crippen LogP) is 11.1. The number of tetrazole rings is 9. The molecule has 0 spiro atoms. The molecule has 0 bridgehead atoms. The van der Waals surface area contributed by atoms with Crippen molar-refractivity contribution >= 4 is 23.2 Å². The summed E-state index contributed by atoms with van der Waals surface area (Å²) >= 11 is 11.8. The molecule has 116 heavy (non-hydrogen) atoms. The molecule has 0 aliphatic heterocycles. The van der Waals surface area contributed by atoms with E-state index in [0.29, 0.717) is 21.7 Å². The molecule has 38 heteroatoms. The van der Waals surface area contributed by atoms with Crippen LogP contribution in [0.3, 0.4) is 0 Å². The fraction of sp³-hybridized carbons (Fsp3) is 0.192. The molecule has 0 saturated carbocycles. The van der Waals surface area contributed by atoms with Gasteiger partial charge < -0.3 is 0 Å². The zero-order valence-electron chi connectivity index (χ0n) is 66.2. The van der Waals surface area contributed by atoms with Crippen molar-refractivity contribution in [3.8, 4) is 102 Å². The van der Waals surface area contributed by atoms with Crippen LogP contribution in [0, 0.1) is 41.5 Å². The summed E-state index contributed by atoms with van der Waals surface area (Å²) in [6.45, 7) is 12.3. The Morgan fingerprint density at radius 3 is 0.586 bits per heavy atom. The van der Waals surface area contributed by atoms with Gasteiger partial charge in [0.05, 0.1) is 5.02 Å². The maximum absolute atomic E-state index is 5.98. The van der Waals surface area contributed by atoms with E-state index in [0.717, 1.165) is 90.8 Å². The molecule has 0 unspecified atom stereocenters. The number of aromatic nitrogens is 36. The minimum Gasteiger partial charge on any atom is -0.229 e. The molecule has 18 aromatic rings. The van der Waals surface area contributed by atoms with Crippen molar-refractivity contribution in [2.45, 2.75) is 41.5 Å². The summed E-state index contributed by atoms with van der Waals surface area (Å²) in [6, 6.07) is 73.5. The van der Waals surface area contributed by atoms with E-state index in [1.165, 1.54) is 33.4 Å². The van der Waals surface area contributed by atoms with Gasteiger partial charge in [0.15, 0.2) is 52.4 Å². The first-order valence-electron chi connectivity index (χ1n) is 35.6. The van der Waals surface area contributed by atoms with Gasteiger partial charge in [-0.15, -0.1) is 45.9 Å². The van der Waals surface area contributed by atoms with Crippen molar-refractivity contribution in [2.24, 2.45) is 63.4 Å². The van der Waals surface area contributed by atoms with Crippen molar-refractivity contribution in [2.75, 3.05) is 0 Å². The number of rotatable bonds is 9. The second kappa shape index (κ2) is 41.5. The number of hydrogen-bond donors (Lipinski definition) is 0. The lowest BCUT2D eigenvalue weighted by molar-refractivity contribution is 0.714. The van der Waals surface area contributed by atoms with Gasteiger partial charge >= 0.3 is 0 Å². The van der Waals surface area contributed by atoms with Crippen LogP contribution in [0.2, 0.25) is 10.0 Å². The highest BCUT2D eigenvalue weighted by molar-refractivity contribution is 6.33. The molecule has 588 valence electrons. The number of nitrogens with zero attached hydrogens (tertiary/aromatic N) is 36. The third-order valence-corrected chi connectivity index (χ3v) is 17.2. The average molecular weight is 1590 g/mol. The molecule has 18 rings (SSSR count). The topological polar surface area (TPSA) is 392 Å². The summed E-state index contributed by atoms with van der Waals surface area (Å²) < 4.78 is 14.8. The van der Waals surface area contributed by atoms with Gasteiger partial charge in [-0.3, -0.25) is 0 Å². The van der Waals surface area contributed by atoms with Gasteiger partial charge in [-0.1, -0.05) is 257 Å². The highest BCUT2D eigenvalue weighted by atomic mass is 35.5. The van der Waals surface area contributed by atoms with Crippen LogP contribution >= 0.6 is 23.2 Å². The third kappa shape index (κ3) is 23.9. The smallest absolute Gasteiger partial charge is 0.183 e. The first-order chi connectivity index (χ1) is 56.1. The molecule has 0 fully saturated rings. The lowest BCUT2D eigenvalue weighted by Gasteiger charge is -2.00. The van der Waals surface area contributed by atoms with Gasteiger partial charge in [-0.2, -0.15) is 0 Å². The van der Waals surface area contributed by atoms with Crippen molar-refractivity contribution in [1.29, 1.82) is 0 Å². The van der Waals surface area contributed by atoms with Crippen LogP contribution in [0.5, 0.6) is 0 Å². The van der Waals surface area contributed by atoms with Crippen molar-refractivity contribution in [3.05, 3.63) is 268 Å². The zero-order chi connectivity index (χ0) is 82.5. The fourth-order valence-electron chi connectivity index (χ4n) is 10.3. The van der Waals surface area contributed by atoms with Crippen molar-refractivity contribution in [3.63, 3.8) is 0 Å². The Bertz CT molecular complexity index is 5310. The quantitative estimate of drug-likeness (QED) is 0.129. The highest BCUT2D eigenvalue weighted by Gasteiger charge is 2.13. The minimum absolute atomic E-state index is 0.653. The lowest BCUT2D eigenvalue weighted by Crippen LogP contribution is -1.94. The summed E-state index contributed by atoms with van der Waals surface area (Å²) in [6.07, 6.45) is 0. The predicted molar refractivity (Wildman–Crippen MR) is 437 cm³/mol. The van der Waals surface area contributed by atoms with E-state index in [1.54, 1.807) is 56.2 Å². The summed E-state index contributed by atoms with van der Waals surface area (Å²) in [5.41, 5.74) is 16.4. The molecule has 0 radical (unpaired) electrons. The van der Waals surface area contributed by atoms with Crippen LogP contribution in [0.4, 0.5) is 0 Å². The van der Waals surface area contributed by atoms with Crippen LogP contribution in [0.25, 0.3) is 102 Å². The van der Waals surface area contributed by atoms with Crippen molar-refractivity contribution in [1.82, 2.24) is 182 Å². The first kappa shape index (κ1) is 83.7. The van der Waals surface area contributed by atoms with Crippen LogP contribution < -0.4 is 0 Å². The lowest BCUT2D eigenvalue weighted by atomic mass is 10.1. The number of aryl methyl sites for hydroxylation is 15. The van der Waals surface area contributed by atoms with Gasteiger partial charge in [0.1, 0.15) is 0 Å². The Labute approximate surface area is 676 Å². The van der Waals surface area contributed by atoms with Gasteiger partial charge in [-0.25, -0.2) is 42.1 Å². The summed E-state index contributed by atoms with van der Waals surface area (Å²) in [5.74, 6) is 6.92. The fourth-order valence-corrected chi connectivity index (χ4v) is 10.7. The van der Waals surface area contributed by atoms with E-state index in [2.05, 4.69) is 181 Å². The van der Waals surface area contributed by atoms with E-state index in [1.807, 2.05) is 274 Å². The van der Waals surface area contributed by atoms with E-state index in [4.69, 9.17) is 23.2 Å². The van der Waals surface area contributed by atoms with Gasteiger partial charge in [0.2, 0.25) is 0 Å². The molecular weight excluding hydrogens is 1510 g/mol. The highest BCUT2D eigenvalue weighted by Crippen LogP contribution is 2.26. The van der Waals surface area contributed by atoms with Crippen LogP contribution in [0.15, 0.2) is 224 Å². The maximum atomic E-state index is 5.98. The Morgan fingerprint density at radius 1 is 0.190 bits per heavy atom. The van der Waals surface area contributed by atoms with Gasteiger partial charge in [0, 0.05) is 119 Å². The van der Waals surface area contributed by atoms with Crippen LogP contribution in [-0.2, 0) is 63.4 Å². The summed E-state index contributed by atoms with van der Waals surface area (Å²) in [7, 11) is 16.4. The van der Waals surface area contributed by atoms with E-state index < -0.39 is 0 Å². The SMILES string of the molecule is Cc1ccc(-c2nnnn2C)cc1.Cc1ccc(-c2nnnn2C)cc1.Cc1ccc(-c2nnnn2C)cc1.Cc1ccc(-c2nnnn2C)cc1.Cc1ccc(-c2nnnn2C)cc1.Cc1ccc(-c2nnnn2C)cc1.Cn1nnnc1-c1cccc(Cl)c1.Cn1nnnc1-c1ccccc1.Cn1nnnc1-c1ccccc1Cl. The van der Waals surface area contributed by atoms with E-state index in [9.17, 15) is 0 Å². The number of halogens is 2. The Hall–Kier alpha value is -14.8. The molecule has 9 aromatic carbocycles. The second-order valence-corrected chi connectivity index (χ2v) is 26.5. The zero-order valence-corrected chi connectivity index (χ0v) is 67.7. The maximum Gasteiger partial charge on any atom is 0.183 e. The third-order valence-electron chi connectivity index (χ3n) is 16.7. The minimum atomic E-state index is 0.653.